The molecule has 0 aliphatic carbocycles. The van der Waals surface area contributed by atoms with E-state index in [2.05, 4.69) is 25.6 Å². The Morgan fingerprint density at radius 2 is 1.76 bits per heavy atom. The lowest BCUT2D eigenvalue weighted by molar-refractivity contribution is 0.102. The zero-order valence-electron chi connectivity index (χ0n) is 18.0. The van der Waals surface area contributed by atoms with Gasteiger partial charge in [0.25, 0.3) is 5.91 Å². The molecular formula is C24H21N5O3S. The summed E-state index contributed by atoms with van der Waals surface area (Å²) in [5.74, 6) is 0.0685. The minimum atomic E-state index is -3.32. The number of aromatic nitrogens is 3. The number of aryl methyl sites for hydroxylation is 1. The Morgan fingerprint density at radius 1 is 0.970 bits per heavy atom. The lowest BCUT2D eigenvalue weighted by atomic mass is 10.1. The first kappa shape index (κ1) is 22.1. The molecule has 0 radical (unpaired) electrons. The normalized spacial score (nSPS) is 11.1. The first-order chi connectivity index (χ1) is 15.8. The van der Waals surface area contributed by atoms with E-state index in [-0.39, 0.29) is 10.8 Å². The van der Waals surface area contributed by atoms with Crippen molar-refractivity contribution in [3.63, 3.8) is 0 Å². The molecule has 0 bridgehead atoms. The maximum Gasteiger partial charge on any atom is 0.255 e. The third-order valence-electron chi connectivity index (χ3n) is 4.90. The van der Waals surface area contributed by atoms with E-state index in [9.17, 15) is 13.2 Å². The molecule has 0 fully saturated rings. The Bertz CT molecular complexity index is 1410. The number of hydrogen-bond acceptors (Lipinski definition) is 7. The van der Waals surface area contributed by atoms with E-state index in [4.69, 9.17) is 0 Å². The number of nitrogens with one attached hydrogen (secondary N) is 2. The third kappa shape index (κ3) is 5.39. The van der Waals surface area contributed by atoms with Gasteiger partial charge in [-0.3, -0.25) is 9.78 Å². The molecule has 8 nitrogen and oxygen atoms in total. The van der Waals surface area contributed by atoms with E-state index in [1.807, 2.05) is 25.1 Å². The third-order valence-corrected chi connectivity index (χ3v) is 6.03. The van der Waals surface area contributed by atoms with Crippen LogP contribution in [0, 0.1) is 6.92 Å². The average molecular weight is 460 g/mol. The predicted molar refractivity (Wildman–Crippen MR) is 127 cm³/mol. The summed E-state index contributed by atoms with van der Waals surface area (Å²) >= 11 is 0. The standard InChI is InChI=1S/C24H21N5O3S/c1-16-5-8-19(27-23(30)17-6-9-20(10-7-17)33(2,31)32)14-22(16)29-24-26-13-11-21(28-24)18-4-3-12-25-15-18/h3-15H,1-2H3,(H,27,30)(H,26,28,29). The van der Waals surface area contributed by atoms with Gasteiger partial charge in [0, 0.05) is 47.3 Å². The molecule has 0 saturated carbocycles. The van der Waals surface area contributed by atoms with E-state index in [0.29, 0.717) is 17.2 Å². The van der Waals surface area contributed by atoms with Crippen molar-refractivity contribution >= 4 is 33.1 Å². The summed E-state index contributed by atoms with van der Waals surface area (Å²) in [6, 6.07) is 16.8. The summed E-state index contributed by atoms with van der Waals surface area (Å²) in [6.45, 7) is 1.93. The Labute approximate surface area is 191 Å². The van der Waals surface area contributed by atoms with Gasteiger partial charge in [-0.25, -0.2) is 18.4 Å². The van der Waals surface area contributed by atoms with E-state index in [0.717, 1.165) is 28.8 Å². The first-order valence-electron chi connectivity index (χ1n) is 10.0. The molecule has 0 aliphatic rings. The van der Waals surface area contributed by atoms with Crippen molar-refractivity contribution in [2.24, 2.45) is 0 Å². The Balaban J connectivity index is 1.52. The molecule has 0 atom stereocenters. The molecule has 2 aromatic carbocycles. The molecule has 2 aromatic heterocycles. The number of rotatable bonds is 6. The summed E-state index contributed by atoms with van der Waals surface area (Å²) in [7, 11) is -3.32. The van der Waals surface area contributed by atoms with Crippen LogP contribution in [-0.2, 0) is 9.84 Å². The Morgan fingerprint density at radius 3 is 2.45 bits per heavy atom. The second kappa shape index (κ2) is 9.17. The van der Waals surface area contributed by atoms with Crippen LogP contribution < -0.4 is 10.6 Å². The van der Waals surface area contributed by atoms with Gasteiger partial charge in [0.15, 0.2) is 9.84 Å². The Hall–Kier alpha value is -4.11. The van der Waals surface area contributed by atoms with Crippen molar-refractivity contribution < 1.29 is 13.2 Å². The smallest absolute Gasteiger partial charge is 0.255 e. The quantitative estimate of drug-likeness (QED) is 0.443. The van der Waals surface area contributed by atoms with Crippen LogP contribution in [0.5, 0.6) is 0 Å². The lowest BCUT2D eigenvalue weighted by Gasteiger charge is -2.12. The maximum absolute atomic E-state index is 12.6. The van der Waals surface area contributed by atoms with Gasteiger partial charge in [-0.2, -0.15) is 0 Å². The number of hydrogen-bond donors (Lipinski definition) is 2. The molecule has 1 amide bonds. The number of anilines is 3. The largest absolute Gasteiger partial charge is 0.324 e. The van der Waals surface area contributed by atoms with Gasteiger partial charge in [-0.1, -0.05) is 6.07 Å². The van der Waals surface area contributed by atoms with Gasteiger partial charge < -0.3 is 10.6 Å². The van der Waals surface area contributed by atoms with Crippen LogP contribution in [0.4, 0.5) is 17.3 Å². The summed E-state index contributed by atoms with van der Waals surface area (Å²) in [5.41, 5.74) is 4.22. The van der Waals surface area contributed by atoms with Gasteiger partial charge in [0.05, 0.1) is 10.6 Å². The molecule has 4 aromatic rings. The van der Waals surface area contributed by atoms with Crippen LogP contribution in [0.1, 0.15) is 15.9 Å². The number of sulfone groups is 1. The molecule has 0 aliphatic heterocycles. The second-order valence-electron chi connectivity index (χ2n) is 7.41. The highest BCUT2D eigenvalue weighted by atomic mass is 32.2. The number of carbonyl (C=O) groups excluding carboxylic acids is 1. The molecule has 0 spiro atoms. The minimum absolute atomic E-state index is 0.161. The maximum atomic E-state index is 12.6. The van der Waals surface area contributed by atoms with Crippen LogP contribution in [0.15, 0.2) is 84.1 Å². The predicted octanol–water partition coefficient (Wildman–Crippen LogP) is 4.25. The minimum Gasteiger partial charge on any atom is -0.324 e. The van der Waals surface area contributed by atoms with Crippen molar-refractivity contribution in [2.45, 2.75) is 11.8 Å². The molecule has 33 heavy (non-hydrogen) atoms. The van der Waals surface area contributed by atoms with Crippen LogP contribution in [0.2, 0.25) is 0 Å². The summed E-state index contributed by atoms with van der Waals surface area (Å²) in [4.78, 5) is 25.7. The zero-order valence-corrected chi connectivity index (χ0v) is 18.8. The molecular weight excluding hydrogens is 438 g/mol. The van der Waals surface area contributed by atoms with Gasteiger partial charge in [-0.15, -0.1) is 0 Å². The second-order valence-corrected chi connectivity index (χ2v) is 9.43. The monoisotopic (exact) mass is 459 g/mol. The molecule has 4 rings (SSSR count). The fourth-order valence-corrected chi connectivity index (χ4v) is 3.74. The van der Waals surface area contributed by atoms with E-state index in [1.165, 1.54) is 24.3 Å². The van der Waals surface area contributed by atoms with Crippen molar-refractivity contribution in [3.8, 4) is 11.3 Å². The van der Waals surface area contributed by atoms with Gasteiger partial charge >= 0.3 is 0 Å². The van der Waals surface area contributed by atoms with Crippen molar-refractivity contribution in [2.75, 3.05) is 16.9 Å². The molecule has 9 heteroatoms. The zero-order chi connectivity index (χ0) is 23.4. The average Bonchev–Trinajstić information content (AvgIpc) is 2.81. The summed E-state index contributed by atoms with van der Waals surface area (Å²) in [6.07, 6.45) is 6.22. The van der Waals surface area contributed by atoms with E-state index >= 15 is 0 Å². The fourth-order valence-electron chi connectivity index (χ4n) is 3.11. The topological polar surface area (TPSA) is 114 Å². The van der Waals surface area contributed by atoms with Crippen molar-refractivity contribution in [1.82, 2.24) is 15.0 Å². The van der Waals surface area contributed by atoms with Gasteiger partial charge in [-0.05, 0) is 67.1 Å². The van der Waals surface area contributed by atoms with Crippen molar-refractivity contribution in [3.05, 3.63) is 90.4 Å². The highest BCUT2D eigenvalue weighted by molar-refractivity contribution is 7.90. The van der Waals surface area contributed by atoms with Gasteiger partial charge in [0.1, 0.15) is 0 Å². The molecule has 166 valence electrons. The van der Waals surface area contributed by atoms with Crippen LogP contribution in [-0.4, -0.2) is 35.5 Å². The molecule has 0 saturated heterocycles. The first-order valence-corrected chi connectivity index (χ1v) is 11.9. The highest BCUT2D eigenvalue weighted by Crippen LogP contribution is 2.24. The van der Waals surface area contributed by atoms with Gasteiger partial charge in [0.2, 0.25) is 5.95 Å². The molecule has 0 unspecified atom stereocenters. The number of nitrogens with zero attached hydrogens (tertiary/aromatic N) is 3. The summed E-state index contributed by atoms with van der Waals surface area (Å²) in [5, 5.41) is 6.03. The van der Waals surface area contributed by atoms with Crippen LogP contribution in [0.3, 0.4) is 0 Å². The fraction of sp³-hybridized carbons (Fsp3) is 0.0833. The van der Waals surface area contributed by atoms with Crippen molar-refractivity contribution in [1.29, 1.82) is 0 Å². The van der Waals surface area contributed by atoms with E-state index in [1.54, 1.807) is 36.8 Å². The van der Waals surface area contributed by atoms with Crippen LogP contribution in [0.25, 0.3) is 11.3 Å². The Kier molecular flexibility index (Phi) is 6.14. The van der Waals surface area contributed by atoms with Crippen LogP contribution >= 0.6 is 0 Å². The SMILES string of the molecule is Cc1ccc(NC(=O)c2ccc(S(C)(=O)=O)cc2)cc1Nc1nccc(-c2cccnc2)n1. The molecule has 2 heterocycles. The highest BCUT2D eigenvalue weighted by Gasteiger charge is 2.11. The summed E-state index contributed by atoms with van der Waals surface area (Å²) < 4.78 is 23.2. The molecule has 2 N–H and O–H groups in total. The number of benzene rings is 2. The number of carbonyl (C=O) groups is 1. The number of amides is 1. The lowest BCUT2D eigenvalue weighted by Crippen LogP contribution is -2.12. The number of pyridine rings is 1. The van der Waals surface area contributed by atoms with E-state index < -0.39 is 9.84 Å².